The molecule has 0 aliphatic rings. The Hall–Kier alpha value is -2.44. The first-order chi connectivity index (χ1) is 12.0. The molecule has 1 aromatic heterocycles. The fourth-order valence-corrected chi connectivity index (χ4v) is 3.06. The highest BCUT2D eigenvalue weighted by molar-refractivity contribution is 7.84. The lowest BCUT2D eigenvalue weighted by molar-refractivity contribution is 0.102. The lowest BCUT2D eigenvalue weighted by Crippen LogP contribution is -2.13. The molecule has 7 heteroatoms. The Morgan fingerprint density at radius 1 is 1.16 bits per heavy atom. The Bertz CT molecular complexity index is 951. The highest BCUT2D eigenvalue weighted by Gasteiger charge is 2.13. The van der Waals surface area contributed by atoms with Crippen molar-refractivity contribution >= 4 is 34.1 Å². The number of hydrogen-bond donors (Lipinski definition) is 1. The van der Waals surface area contributed by atoms with Gasteiger partial charge in [0.25, 0.3) is 5.91 Å². The van der Waals surface area contributed by atoms with E-state index in [0.717, 1.165) is 11.3 Å². The SMILES string of the molecule is Cc1cn(-c2ccccc2Cl)nc1NC(=O)c1ccc([S@](C)=O)cc1. The molecule has 0 fully saturated rings. The quantitative estimate of drug-likeness (QED) is 0.756. The van der Waals surface area contributed by atoms with Gasteiger partial charge in [-0.05, 0) is 43.3 Å². The third kappa shape index (κ3) is 3.81. The van der Waals surface area contributed by atoms with Gasteiger partial charge in [0.05, 0.1) is 10.7 Å². The number of para-hydroxylation sites is 1. The van der Waals surface area contributed by atoms with Crippen molar-refractivity contribution in [2.45, 2.75) is 11.8 Å². The molecule has 128 valence electrons. The van der Waals surface area contributed by atoms with Gasteiger partial charge in [0.2, 0.25) is 0 Å². The number of aromatic nitrogens is 2. The minimum absolute atomic E-state index is 0.277. The van der Waals surface area contributed by atoms with Crippen LogP contribution >= 0.6 is 11.6 Å². The average Bonchev–Trinajstić information content (AvgIpc) is 2.95. The topological polar surface area (TPSA) is 64.0 Å². The zero-order chi connectivity index (χ0) is 18.0. The van der Waals surface area contributed by atoms with Crippen molar-refractivity contribution in [3.63, 3.8) is 0 Å². The van der Waals surface area contributed by atoms with E-state index in [1.807, 2.05) is 25.1 Å². The number of hydrogen-bond acceptors (Lipinski definition) is 3. The molecule has 0 saturated carbocycles. The van der Waals surface area contributed by atoms with E-state index in [-0.39, 0.29) is 5.91 Å². The van der Waals surface area contributed by atoms with E-state index in [1.165, 1.54) is 0 Å². The summed E-state index contributed by atoms with van der Waals surface area (Å²) in [5, 5.41) is 7.77. The summed E-state index contributed by atoms with van der Waals surface area (Å²) >= 11 is 6.19. The molecule has 1 amide bonds. The molecule has 2 aromatic carbocycles. The van der Waals surface area contributed by atoms with Crippen molar-refractivity contribution in [1.82, 2.24) is 9.78 Å². The smallest absolute Gasteiger partial charge is 0.256 e. The van der Waals surface area contributed by atoms with Crippen molar-refractivity contribution in [3.8, 4) is 5.69 Å². The average molecular weight is 374 g/mol. The molecular weight excluding hydrogens is 358 g/mol. The largest absolute Gasteiger partial charge is 0.305 e. The van der Waals surface area contributed by atoms with E-state index >= 15 is 0 Å². The van der Waals surface area contributed by atoms with Gasteiger partial charge in [-0.15, -0.1) is 5.10 Å². The van der Waals surface area contributed by atoms with Crippen LogP contribution in [0.3, 0.4) is 0 Å². The van der Waals surface area contributed by atoms with Crippen molar-refractivity contribution < 1.29 is 9.00 Å². The molecule has 25 heavy (non-hydrogen) atoms. The van der Waals surface area contributed by atoms with Crippen LogP contribution in [0.25, 0.3) is 5.69 Å². The maximum atomic E-state index is 12.4. The van der Waals surface area contributed by atoms with Gasteiger partial charge in [-0.2, -0.15) is 0 Å². The number of nitrogens with zero attached hydrogens (tertiary/aromatic N) is 2. The van der Waals surface area contributed by atoms with Crippen LogP contribution in [0.2, 0.25) is 5.02 Å². The number of carbonyl (C=O) groups excluding carboxylic acids is 1. The summed E-state index contributed by atoms with van der Waals surface area (Å²) in [7, 11) is -1.07. The molecule has 0 saturated heterocycles. The second kappa shape index (κ2) is 7.21. The van der Waals surface area contributed by atoms with Gasteiger partial charge >= 0.3 is 0 Å². The van der Waals surface area contributed by atoms with Crippen LogP contribution in [0.15, 0.2) is 59.6 Å². The highest BCUT2D eigenvalue weighted by atomic mass is 35.5. The number of anilines is 1. The van der Waals surface area contributed by atoms with Gasteiger partial charge in [-0.1, -0.05) is 23.7 Å². The number of benzene rings is 2. The molecule has 3 aromatic rings. The second-order valence-electron chi connectivity index (χ2n) is 5.49. The molecular formula is C18H16ClN3O2S. The van der Waals surface area contributed by atoms with Crippen LogP contribution in [0.1, 0.15) is 15.9 Å². The van der Waals surface area contributed by atoms with E-state index in [2.05, 4.69) is 10.4 Å². The minimum Gasteiger partial charge on any atom is -0.305 e. The first kappa shape index (κ1) is 17.4. The first-order valence-electron chi connectivity index (χ1n) is 7.51. The zero-order valence-corrected chi connectivity index (χ0v) is 15.3. The molecule has 0 bridgehead atoms. The molecule has 1 N–H and O–H groups in total. The fourth-order valence-electron chi connectivity index (χ4n) is 2.32. The van der Waals surface area contributed by atoms with Crippen LogP contribution in [0.4, 0.5) is 5.82 Å². The van der Waals surface area contributed by atoms with E-state index in [0.29, 0.717) is 21.3 Å². The van der Waals surface area contributed by atoms with Gasteiger partial charge in [0.15, 0.2) is 5.82 Å². The molecule has 0 spiro atoms. The zero-order valence-electron chi connectivity index (χ0n) is 13.7. The summed E-state index contributed by atoms with van der Waals surface area (Å²) in [6.07, 6.45) is 3.40. The third-order valence-corrected chi connectivity index (χ3v) is 4.93. The van der Waals surface area contributed by atoms with Gasteiger partial charge in [0, 0.05) is 39.3 Å². The van der Waals surface area contributed by atoms with Crippen molar-refractivity contribution in [1.29, 1.82) is 0 Å². The van der Waals surface area contributed by atoms with E-state index in [9.17, 15) is 9.00 Å². The van der Waals surface area contributed by atoms with Gasteiger partial charge < -0.3 is 5.32 Å². The summed E-state index contributed by atoms with van der Waals surface area (Å²) in [6, 6.07) is 14.0. The minimum atomic E-state index is -1.07. The first-order valence-corrected chi connectivity index (χ1v) is 9.45. The Morgan fingerprint density at radius 3 is 2.48 bits per heavy atom. The third-order valence-electron chi connectivity index (χ3n) is 3.68. The summed E-state index contributed by atoms with van der Waals surface area (Å²) in [4.78, 5) is 13.1. The van der Waals surface area contributed by atoms with Crippen molar-refractivity contribution in [3.05, 3.63) is 70.9 Å². The predicted molar refractivity (Wildman–Crippen MR) is 100 cm³/mol. The summed E-state index contributed by atoms with van der Waals surface area (Å²) in [6.45, 7) is 1.86. The number of rotatable bonds is 4. The Morgan fingerprint density at radius 2 is 1.84 bits per heavy atom. The van der Waals surface area contributed by atoms with Crippen LogP contribution in [-0.4, -0.2) is 26.2 Å². The summed E-state index contributed by atoms with van der Waals surface area (Å²) < 4.78 is 13.0. The second-order valence-corrected chi connectivity index (χ2v) is 7.28. The van der Waals surface area contributed by atoms with E-state index in [4.69, 9.17) is 11.6 Å². The lowest BCUT2D eigenvalue weighted by atomic mass is 10.2. The van der Waals surface area contributed by atoms with Gasteiger partial charge in [-0.25, -0.2) is 4.68 Å². The number of aryl methyl sites for hydroxylation is 1. The Balaban J connectivity index is 1.82. The fraction of sp³-hybridized carbons (Fsp3) is 0.111. The predicted octanol–water partition coefficient (Wildman–Crippen LogP) is 3.82. The van der Waals surface area contributed by atoms with E-state index in [1.54, 1.807) is 47.5 Å². The maximum Gasteiger partial charge on any atom is 0.256 e. The number of carbonyl (C=O) groups is 1. The monoisotopic (exact) mass is 373 g/mol. The van der Waals surface area contributed by atoms with Crippen LogP contribution < -0.4 is 5.32 Å². The van der Waals surface area contributed by atoms with Gasteiger partial charge in [-0.3, -0.25) is 9.00 Å². The lowest BCUT2D eigenvalue weighted by Gasteiger charge is -2.05. The Kier molecular flexibility index (Phi) is 5.01. The molecule has 5 nitrogen and oxygen atoms in total. The molecule has 0 unspecified atom stereocenters. The molecule has 0 radical (unpaired) electrons. The molecule has 3 rings (SSSR count). The maximum absolute atomic E-state index is 12.4. The van der Waals surface area contributed by atoms with Crippen molar-refractivity contribution in [2.24, 2.45) is 0 Å². The number of amides is 1. The molecule has 1 atom stereocenters. The van der Waals surface area contributed by atoms with Crippen LogP contribution in [0, 0.1) is 6.92 Å². The van der Waals surface area contributed by atoms with Crippen LogP contribution in [0.5, 0.6) is 0 Å². The standard InChI is InChI=1S/C18H16ClN3O2S/c1-12-11-22(16-6-4-3-5-15(16)19)21-17(12)20-18(23)13-7-9-14(10-8-13)25(2)24/h3-11H,1-2H3,(H,20,21,23)/t25-/m0/s1. The molecule has 0 aliphatic carbocycles. The van der Waals surface area contributed by atoms with Crippen molar-refractivity contribution in [2.75, 3.05) is 11.6 Å². The Labute approximate surface area is 153 Å². The van der Waals surface area contributed by atoms with Crippen LogP contribution in [-0.2, 0) is 10.8 Å². The van der Waals surface area contributed by atoms with Gasteiger partial charge in [0.1, 0.15) is 0 Å². The summed E-state index contributed by atoms with van der Waals surface area (Å²) in [5.41, 5.74) is 2.03. The summed E-state index contributed by atoms with van der Waals surface area (Å²) in [5.74, 6) is 0.189. The van der Waals surface area contributed by atoms with E-state index < -0.39 is 10.8 Å². The highest BCUT2D eigenvalue weighted by Crippen LogP contribution is 2.22. The molecule has 0 aliphatic heterocycles. The normalized spacial score (nSPS) is 12.0. The molecule has 1 heterocycles. The number of nitrogens with one attached hydrogen (secondary N) is 1. The number of halogens is 1.